The van der Waals surface area contributed by atoms with E-state index in [1.807, 2.05) is 0 Å². The van der Waals surface area contributed by atoms with Crippen molar-refractivity contribution in [3.8, 4) is 0 Å². The third kappa shape index (κ3) is 2.53. The molecule has 0 aliphatic carbocycles. The van der Waals surface area contributed by atoms with Gasteiger partial charge in [-0.1, -0.05) is 0 Å². The van der Waals surface area contributed by atoms with Gasteiger partial charge in [0.05, 0.1) is 19.1 Å². The van der Waals surface area contributed by atoms with Crippen molar-refractivity contribution in [1.29, 1.82) is 0 Å². The van der Waals surface area contributed by atoms with Gasteiger partial charge in [-0.3, -0.25) is 4.79 Å². The lowest BCUT2D eigenvalue weighted by atomic mass is 10.1. The molecule has 1 aromatic carbocycles. The Morgan fingerprint density at radius 2 is 2.00 bits per heavy atom. The summed E-state index contributed by atoms with van der Waals surface area (Å²) in [4.78, 5) is 21.4. The van der Waals surface area contributed by atoms with Gasteiger partial charge in [0, 0.05) is 0 Å². The number of benzene rings is 1. The fourth-order valence-corrected chi connectivity index (χ4v) is 1.18. The SMILES string of the molecule is COC(=O)c1cc(CC(=O)O)cc(F)c1F. The molecule has 1 rings (SSSR count). The van der Waals surface area contributed by atoms with Crippen LogP contribution in [0.15, 0.2) is 12.1 Å². The number of hydrogen-bond acceptors (Lipinski definition) is 3. The lowest BCUT2D eigenvalue weighted by Gasteiger charge is -2.04. The molecule has 0 saturated carbocycles. The third-order valence-electron chi connectivity index (χ3n) is 1.85. The topological polar surface area (TPSA) is 63.6 Å². The minimum Gasteiger partial charge on any atom is -0.481 e. The highest BCUT2D eigenvalue weighted by Gasteiger charge is 2.18. The minimum atomic E-state index is -1.35. The zero-order valence-corrected chi connectivity index (χ0v) is 8.29. The van der Waals surface area contributed by atoms with Crippen LogP contribution in [-0.2, 0) is 16.0 Å². The van der Waals surface area contributed by atoms with Gasteiger partial charge >= 0.3 is 11.9 Å². The van der Waals surface area contributed by atoms with Gasteiger partial charge in [0.1, 0.15) is 0 Å². The lowest BCUT2D eigenvalue weighted by Crippen LogP contribution is -2.09. The second-order valence-electron chi connectivity index (χ2n) is 3.00. The Morgan fingerprint density at radius 1 is 1.38 bits per heavy atom. The first-order chi connectivity index (χ1) is 7.45. The zero-order chi connectivity index (χ0) is 12.3. The van der Waals surface area contributed by atoms with Gasteiger partial charge < -0.3 is 9.84 Å². The van der Waals surface area contributed by atoms with Crippen molar-refractivity contribution >= 4 is 11.9 Å². The van der Waals surface area contributed by atoms with Crippen LogP contribution in [0.5, 0.6) is 0 Å². The average molecular weight is 230 g/mol. The van der Waals surface area contributed by atoms with Gasteiger partial charge in [-0.25, -0.2) is 13.6 Å². The predicted molar refractivity (Wildman–Crippen MR) is 49.0 cm³/mol. The van der Waals surface area contributed by atoms with E-state index in [1.165, 1.54) is 0 Å². The number of esters is 1. The molecule has 0 aromatic heterocycles. The molecule has 1 N–H and O–H groups in total. The van der Waals surface area contributed by atoms with Crippen molar-refractivity contribution in [1.82, 2.24) is 0 Å². The third-order valence-corrected chi connectivity index (χ3v) is 1.85. The van der Waals surface area contributed by atoms with E-state index in [9.17, 15) is 18.4 Å². The van der Waals surface area contributed by atoms with Crippen molar-refractivity contribution in [2.45, 2.75) is 6.42 Å². The molecular weight excluding hydrogens is 222 g/mol. The van der Waals surface area contributed by atoms with Crippen molar-refractivity contribution in [3.05, 3.63) is 34.9 Å². The molecule has 1 aromatic rings. The smallest absolute Gasteiger partial charge is 0.340 e. The number of methoxy groups -OCH3 is 1. The molecule has 0 radical (unpaired) electrons. The van der Waals surface area contributed by atoms with Gasteiger partial charge in [0.25, 0.3) is 0 Å². The standard InChI is InChI=1S/C10H8F2O4/c1-16-10(15)6-2-5(4-8(13)14)3-7(11)9(6)12/h2-3H,4H2,1H3,(H,13,14). The Hall–Kier alpha value is -1.98. The largest absolute Gasteiger partial charge is 0.481 e. The molecule has 0 unspecified atom stereocenters. The van der Waals surface area contributed by atoms with Crippen LogP contribution in [-0.4, -0.2) is 24.2 Å². The van der Waals surface area contributed by atoms with Crippen LogP contribution in [0.1, 0.15) is 15.9 Å². The van der Waals surface area contributed by atoms with Crippen LogP contribution in [0.2, 0.25) is 0 Å². The molecule has 0 fully saturated rings. The van der Waals surface area contributed by atoms with E-state index in [4.69, 9.17) is 5.11 Å². The maximum Gasteiger partial charge on any atom is 0.340 e. The van der Waals surface area contributed by atoms with Gasteiger partial charge in [0.2, 0.25) is 0 Å². The minimum absolute atomic E-state index is 0.00759. The van der Waals surface area contributed by atoms with Crippen molar-refractivity contribution in [3.63, 3.8) is 0 Å². The molecule has 0 amide bonds. The summed E-state index contributed by atoms with van der Waals surface area (Å²) in [5, 5.41) is 8.48. The summed E-state index contributed by atoms with van der Waals surface area (Å²) >= 11 is 0. The maximum atomic E-state index is 13.1. The Labute approximate surface area is 89.5 Å². The highest BCUT2D eigenvalue weighted by atomic mass is 19.2. The number of hydrogen-bond donors (Lipinski definition) is 1. The maximum absolute atomic E-state index is 13.1. The molecule has 16 heavy (non-hydrogen) atoms. The van der Waals surface area contributed by atoms with E-state index in [2.05, 4.69) is 4.74 Å². The first kappa shape index (κ1) is 12.1. The molecule has 4 nitrogen and oxygen atoms in total. The lowest BCUT2D eigenvalue weighted by molar-refractivity contribution is -0.136. The fourth-order valence-electron chi connectivity index (χ4n) is 1.18. The van der Waals surface area contributed by atoms with Crippen molar-refractivity contribution < 1.29 is 28.2 Å². The average Bonchev–Trinajstić information content (AvgIpc) is 2.21. The predicted octanol–water partition coefficient (Wildman–Crippen LogP) is 1.38. The summed E-state index contributed by atoms with van der Waals surface area (Å²) < 4.78 is 30.4. The molecule has 0 spiro atoms. The Morgan fingerprint density at radius 3 is 2.50 bits per heavy atom. The molecule has 0 saturated heterocycles. The number of carbonyl (C=O) groups excluding carboxylic acids is 1. The fraction of sp³-hybridized carbons (Fsp3) is 0.200. The van der Waals surface area contributed by atoms with E-state index in [1.54, 1.807) is 0 Å². The van der Waals surface area contributed by atoms with E-state index in [0.717, 1.165) is 19.2 Å². The molecule has 86 valence electrons. The number of carbonyl (C=O) groups is 2. The number of aliphatic carboxylic acids is 1. The summed E-state index contributed by atoms with van der Waals surface area (Å²) in [6.45, 7) is 0. The first-order valence-electron chi connectivity index (χ1n) is 4.23. The van der Waals surface area contributed by atoms with E-state index in [-0.39, 0.29) is 5.56 Å². The van der Waals surface area contributed by atoms with Crippen LogP contribution < -0.4 is 0 Å². The van der Waals surface area contributed by atoms with Crippen LogP contribution >= 0.6 is 0 Å². The molecule has 6 heteroatoms. The summed E-state index contributed by atoms with van der Waals surface area (Å²) in [7, 11) is 1.02. The highest BCUT2D eigenvalue weighted by molar-refractivity contribution is 5.90. The summed E-state index contributed by atoms with van der Waals surface area (Å²) in [5.74, 6) is -4.88. The second-order valence-corrected chi connectivity index (χ2v) is 3.00. The quantitative estimate of drug-likeness (QED) is 0.796. The summed E-state index contributed by atoms with van der Waals surface area (Å²) in [5.41, 5.74) is -0.620. The van der Waals surface area contributed by atoms with Crippen LogP contribution in [0, 0.1) is 11.6 Å². The molecular formula is C10H8F2O4. The van der Waals surface area contributed by atoms with Crippen LogP contribution in [0.25, 0.3) is 0 Å². The van der Waals surface area contributed by atoms with Crippen molar-refractivity contribution in [2.24, 2.45) is 0 Å². The first-order valence-corrected chi connectivity index (χ1v) is 4.23. The highest BCUT2D eigenvalue weighted by Crippen LogP contribution is 2.16. The monoisotopic (exact) mass is 230 g/mol. The Balaban J connectivity index is 3.21. The molecule has 0 bridgehead atoms. The number of carboxylic acid groups (broad SMARTS) is 1. The summed E-state index contributed by atoms with van der Waals surface area (Å²) in [6.07, 6.45) is -0.499. The van der Waals surface area contributed by atoms with E-state index >= 15 is 0 Å². The number of halogens is 2. The Kier molecular flexibility index (Phi) is 3.55. The normalized spacial score (nSPS) is 9.94. The number of ether oxygens (including phenoxy) is 1. The zero-order valence-electron chi connectivity index (χ0n) is 8.29. The van der Waals surface area contributed by atoms with Gasteiger partial charge in [-0.2, -0.15) is 0 Å². The molecule has 0 atom stereocenters. The second kappa shape index (κ2) is 4.69. The Bertz CT molecular complexity index is 443. The van der Waals surface area contributed by atoms with Crippen molar-refractivity contribution in [2.75, 3.05) is 7.11 Å². The van der Waals surface area contributed by atoms with Gasteiger partial charge in [-0.15, -0.1) is 0 Å². The van der Waals surface area contributed by atoms with Crippen LogP contribution in [0.4, 0.5) is 8.78 Å². The van der Waals surface area contributed by atoms with Crippen LogP contribution in [0.3, 0.4) is 0 Å². The summed E-state index contributed by atoms with van der Waals surface area (Å²) in [6, 6.07) is 1.69. The molecule has 0 aliphatic heterocycles. The molecule has 0 heterocycles. The number of carboxylic acids is 1. The van der Waals surface area contributed by atoms with Gasteiger partial charge in [-0.05, 0) is 17.7 Å². The van der Waals surface area contributed by atoms with E-state index in [0.29, 0.717) is 0 Å². The number of rotatable bonds is 3. The molecule has 0 aliphatic rings. The van der Waals surface area contributed by atoms with Gasteiger partial charge in [0.15, 0.2) is 11.6 Å². The van der Waals surface area contributed by atoms with E-state index < -0.39 is 35.6 Å².